The maximum Gasteiger partial charge on any atom is 0.119 e. The Balaban J connectivity index is 2.61. The second-order valence-corrected chi connectivity index (χ2v) is 4.10. The maximum atomic E-state index is 9.26. The topological polar surface area (TPSA) is 85.1 Å². The molecule has 0 aliphatic rings. The van der Waals surface area contributed by atoms with Crippen molar-refractivity contribution in [3.05, 3.63) is 28.2 Å². The number of rotatable bonds is 5. The molecule has 0 amide bonds. The van der Waals surface area contributed by atoms with Crippen molar-refractivity contribution in [2.45, 2.75) is 12.2 Å². The lowest BCUT2D eigenvalue weighted by molar-refractivity contribution is 0.0204. The van der Waals surface area contributed by atoms with Crippen LogP contribution in [0.1, 0.15) is 0 Å². The fourth-order valence-electron chi connectivity index (χ4n) is 0.974. The molecule has 0 spiro atoms. The molecule has 0 radical (unpaired) electrons. The molecule has 1 rings (SSSR count). The number of nitrogens with one attached hydrogen (secondary N) is 1. The predicted octanol–water partition coefficient (Wildman–Crippen LogP) is 1.11. The fraction of sp³-hybridized carbons (Fsp3) is 0.300. The molecule has 0 saturated heterocycles. The van der Waals surface area contributed by atoms with Crippen LogP contribution < -0.4 is 5.43 Å². The Bertz CT molecular complexity index is 401. The second kappa shape index (κ2) is 6.78. The molecule has 7 heteroatoms. The van der Waals surface area contributed by atoms with Gasteiger partial charge < -0.3 is 15.3 Å². The van der Waals surface area contributed by atoms with Gasteiger partial charge in [-0.25, -0.2) is 0 Å². The van der Waals surface area contributed by atoms with Gasteiger partial charge in [0, 0.05) is 5.02 Å². The summed E-state index contributed by atoms with van der Waals surface area (Å²) in [7, 11) is 0. The third-order valence-corrected chi connectivity index (χ3v) is 2.49. The Morgan fingerprint density at radius 3 is 2.71 bits per heavy atom. The highest BCUT2D eigenvalue weighted by atomic mass is 35.5. The minimum absolute atomic E-state index is 0.420. The summed E-state index contributed by atoms with van der Waals surface area (Å²) in [5.74, 6) is 0. The minimum Gasteiger partial charge on any atom is -0.394 e. The first-order chi connectivity index (χ1) is 8.04. The van der Waals surface area contributed by atoms with E-state index in [1.165, 1.54) is 0 Å². The van der Waals surface area contributed by atoms with Crippen LogP contribution in [0.15, 0.2) is 23.3 Å². The highest BCUT2D eigenvalue weighted by Gasteiger charge is 2.11. The van der Waals surface area contributed by atoms with Crippen molar-refractivity contribution in [2.75, 3.05) is 12.0 Å². The number of aliphatic hydroxyl groups is 3. The molecule has 1 aromatic rings. The van der Waals surface area contributed by atoms with Gasteiger partial charge in [-0.2, -0.15) is 5.10 Å². The fourth-order valence-corrected chi connectivity index (χ4v) is 1.31. The molecule has 0 fully saturated rings. The van der Waals surface area contributed by atoms with Crippen molar-refractivity contribution in [1.29, 1.82) is 0 Å². The van der Waals surface area contributed by atoms with E-state index in [9.17, 15) is 5.11 Å². The summed E-state index contributed by atoms with van der Waals surface area (Å²) in [6.45, 7) is -0.550. The average molecular weight is 279 g/mol. The molecule has 17 heavy (non-hydrogen) atoms. The molecule has 0 aliphatic heterocycles. The summed E-state index contributed by atoms with van der Waals surface area (Å²) in [6.07, 6.45) is -1.47. The van der Waals surface area contributed by atoms with E-state index >= 15 is 0 Å². The molecule has 0 saturated carbocycles. The lowest BCUT2D eigenvalue weighted by atomic mass is 10.2. The third kappa shape index (κ3) is 4.49. The van der Waals surface area contributed by atoms with E-state index in [2.05, 4.69) is 10.5 Å². The van der Waals surface area contributed by atoms with Crippen LogP contribution in [0.25, 0.3) is 0 Å². The van der Waals surface area contributed by atoms with Gasteiger partial charge in [-0.15, -0.1) is 0 Å². The van der Waals surface area contributed by atoms with E-state index < -0.39 is 18.8 Å². The van der Waals surface area contributed by atoms with Gasteiger partial charge >= 0.3 is 0 Å². The molecule has 1 aromatic carbocycles. The molecular formula is C10H12Cl2N2O3. The van der Waals surface area contributed by atoms with Crippen molar-refractivity contribution in [3.63, 3.8) is 0 Å². The van der Waals surface area contributed by atoms with Crippen molar-refractivity contribution in [1.82, 2.24) is 0 Å². The van der Waals surface area contributed by atoms with Crippen LogP contribution in [0, 0.1) is 0 Å². The Morgan fingerprint density at radius 2 is 2.06 bits per heavy atom. The Hall–Kier alpha value is -0.850. The number of anilines is 1. The van der Waals surface area contributed by atoms with Crippen molar-refractivity contribution in [3.8, 4) is 0 Å². The zero-order valence-corrected chi connectivity index (χ0v) is 10.2. The van der Waals surface area contributed by atoms with E-state index in [0.29, 0.717) is 15.7 Å². The molecule has 0 aromatic heterocycles. The van der Waals surface area contributed by atoms with E-state index in [-0.39, 0.29) is 0 Å². The van der Waals surface area contributed by atoms with Crippen LogP contribution in [-0.2, 0) is 0 Å². The largest absolute Gasteiger partial charge is 0.394 e. The first-order valence-electron chi connectivity index (χ1n) is 4.76. The summed E-state index contributed by atoms with van der Waals surface area (Å²) < 4.78 is 0. The normalized spacial score (nSPS) is 14.9. The van der Waals surface area contributed by atoms with Crippen molar-refractivity contribution < 1.29 is 15.3 Å². The number of aliphatic hydroxyl groups excluding tert-OH is 3. The smallest absolute Gasteiger partial charge is 0.119 e. The van der Waals surface area contributed by atoms with Crippen LogP contribution >= 0.6 is 23.2 Å². The average Bonchev–Trinajstić information content (AvgIpc) is 2.32. The first-order valence-corrected chi connectivity index (χ1v) is 5.51. The summed E-state index contributed by atoms with van der Waals surface area (Å²) >= 11 is 11.6. The number of hydrazone groups is 1. The lowest BCUT2D eigenvalue weighted by Crippen LogP contribution is -2.30. The molecule has 0 heterocycles. The Kier molecular flexibility index (Phi) is 5.67. The van der Waals surface area contributed by atoms with Gasteiger partial charge in [0.15, 0.2) is 0 Å². The minimum atomic E-state index is -1.27. The highest BCUT2D eigenvalue weighted by molar-refractivity contribution is 6.35. The van der Waals surface area contributed by atoms with Gasteiger partial charge in [0.25, 0.3) is 0 Å². The molecule has 2 atom stereocenters. The molecule has 2 unspecified atom stereocenters. The number of benzene rings is 1. The predicted molar refractivity (Wildman–Crippen MR) is 67.7 cm³/mol. The van der Waals surface area contributed by atoms with Gasteiger partial charge in [-0.3, -0.25) is 5.43 Å². The van der Waals surface area contributed by atoms with Gasteiger partial charge in [-0.1, -0.05) is 23.2 Å². The standard InChI is InChI=1S/C10H12Cl2N2O3/c11-6-1-2-7(12)8(3-6)14-13-4-9(16)10(17)5-15/h1-4,9-10,14-17H,5H2/b13-4+. The molecule has 4 N–H and O–H groups in total. The van der Waals surface area contributed by atoms with Crippen LogP contribution in [0.5, 0.6) is 0 Å². The van der Waals surface area contributed by atoms with Gasteiger partial charge in [0.1, 0.15) is 12.2 Å². The van der Waals surface area contributed by atoms with Gasteiger partial charge in [0.05, 0.1) is 23.5 Å². The highest BCUT2D eigenvalue weighted by Crippen LogP contribution is 2.25. The lowest BCUT2D eigenvalue weighted by Gasteiger charge is -2.10. The SMILES string of the molecule is OCC(O)C(O)/C=N/Nc1cc(Cl)ccc1Cl. The maximum absolute atomic E-state index is 9.26. The zero-order chi connectivity index (χ0) is 12.8. The summed E-state index contributed by atoms with van der Waals surface area (Å²) in [5, 5.41) is 31.5. The van der Waals surface area contributed by atoms with Crippen LogP contribution in [-0.4, -0.2) is 40.3 Å². The molecule has 5 nitrogen and oxygen atoms in total. The Labute approximate surface area is 108 Å². The van der Waals surface area contributed by atoms with E-state index in [1.807, 2.05) is 0 Å². The van der Waals surface area contributed by atoms with Crippen LogP contribution in [0.2, 0.25) is 10.0 Å². The monoisotopic (exact) mass is 278 g/mol. The third-order valence-electron chi connectivity index (χ3n) is 1.92. The van der Waals surface area contributed by atoms with Crippen molar-refractivity contribution >= 4 is 35.1 Å². The van der Waals surface area contributed by atoms with Crippen molar-refractivity contribution in [2.24, 2.45) is 5.10 Å². The van der Waals surface area contributed by atoms with E-state index in [4.69, 9.17) is 33.4 Å². The molecule has 0 bridgehead atoms. The first kappa shape index (κ1) is 14.2. The molecule has 94 valence electrons. The quantitative estimate of drug-likeness (QED) is 0.480. The second-order valence-electron chi connectivity index (χ2n) is 3.25. The Morgan fingerprint density at radius 1 is 1.35 bits per heavy atom. The number of hydrogen-bond donors (Lipinski definition) is 4. The molecule has 0 aliphatic carbocycles. The summed E-state index contributed by atoms with van der Waals surface area (Å²) in [6, 6.07) is 4.79. The molecular weight excluding hydrogens is 267 g/mol. The van der Waals surface area contributed by atoms with Crippen LogP contribution in [0.3, 0.4) is 0 Å². The van der Waals surface area contributed by atoms with E-state index in [1.54, 1.807) is 18.2 Å². The van der Waals surface area contributed by atoms with Gasteiger partial charge in [0.2, 0.25) is 0 Å². The number of hydrogen-bond acceptors (Lipinski definition) is 5. The number of nitrogens with zero attached hydrogens (tertiary/aromatic N) is 1. The van der Waals surface area contributed by atoms with Crippen LogP contribution in [0.4, 0.5) is 5.69 Å². The van der Waals surface area contributed by atoms with Gasteiger partial charge in [-0.05, 0) is 18.2 Å². The zero-order valence-electron chi connectivity index (χ0n) is 8.72. The number of halogens is 2. The van der Waals surface area contributed by atoms with E-state index in [0.717, 1.165) is 6.21 Å². The summed E-state index contributed by atoms with van der Waals surface area (Å²) in [5.41, 5.74) is 3.04. The summed E-state index contributed by atoms with van der Waals surface area (Å²) in [4.78, 5) is 0.